The van der Waals surface area contributed by atoms with Gasteiger partial charge in [0.25, 0.3) is 0 Å². The monoisotopic (exact) mass is 544 g/mol. The Bertz CT molecular complexity index is 481. The van der Waals surface area contributed by atoms with Crippen molar-refractivity contribution in [3.8, 4) is 0 Å². The van der Waals surface area contributed by atoms with E-state index >= 15 is 4.57 Å². The van der Waals surface area contributed by atoms with Crippen molar-refractivity contribution in [2.24, 2.45) is 0 Å². The van der Waals surface area contributed by atoms with Crippen LogP contribution in [-0.4, -0.2) is 55.9 Å². The van der Waals surface area contributed by atoms with Gasteiger partial charge in [0.2, 0.25) is 0 Å². The zero-order chi connectivity index (χ0) is 26.2. The normalized spacial score (nSPS) is 17.0. The molecular formula is C27H63O4P3. The van der Waals surface area contributed by atoms with Crippen LogP contribution in [-0.2, 0) is 17.7 Å². The molecule has 0 radical (unpaired) electrons. The summed E-state index contributed by atoms with van der Waals surface area (Å²) < 4.78 is 35.7. The zero-order valence-electron chi connectivity index (χ0n) is 24.7. The van der Waals surface area contributed by atoms with Crippen LogP contribution >= 0.6 is 21.5 Å². The summed E-state index contributed by atoms with van der Waals surface area (Å²) in [6.07, 6.45) is 17.5. The standard InChI is InChI=1S/C27H63O4P3/c1-10-19-29-32(28,30-33(20-11-2,21-12-3,22-13-4)23-14-5)31-34(24-15-6,25-16-7,26-17-8)27-18-9/h10-27H2,1-9H3. The predicted molar refractivity (Wildman–Crippen MR) is 161 cm³/mol. The summed E-state index contributed by atoms with van der Waals surface area (Å²) in [7, 11) is -3.73. The Hall–Kier alpha value is 0.970. The molecule has 0 aliphatic heterocycles. The SMILES string of the molecule is CCCOP(=O)(OP(CCC)(CCC)(CCC)CCC)OP(CCC)(CCC)(CCC)CCC. The van der Waals surface area contributed by atoms with Crippen molar-refractivity contribution in [1.82, 2.24) is 0 Å². The van der Waals surface area contributed by atoms with Gasteiger partial charge in [0.05, 0.1) is 0 Å². The third-order valence-electron chi connectivity index (χ3n) is 7.43. The van der Waals surface area contributed by atoms with E-state index in [1.807, 2.05) is 0 Å². The van der Waals surface area contributed by atoms with Crippen LogP contribution in [0, 0.1) is 0 Å². The van der Waals surface area contributed by atoms with Crippen LogP contribution in [0.25, 0.3) is 0 Å². The number of hydrogen-bond donors (Lipinski definition) is 0. The first kappa shape index (κ1) is 35.0. The molecule has 0 fully saturated rings. The first-order chi connectivity index (χ1) is 16.1. The molecule has 0 aromatic carbocycles. The Morgan fingerprint density at radius 3 is 0.853 bits per heavy atom. The van der Waals surface area contributed by atoms with E-state index in [1.54, 1.807) is 0 Å². The van der Waals surface area contributed by atoms with Gasteiger partial charge in [-0.3, -0.25) is 0 Å². The van der Waals surface area contributed by atoms with Gasteiger partial charge in [0.15, 0.2) is 0 Å². The second-order valence-corrected chi connectivity index (χ2v) is 24.4. The Balaban J connectivity index is 6.98. The van der Waals surface area contributed by atoms with Crippen LogP contribution in [0.3, 0.4) is 0 Å². The number of rotatable bonds is 23. The third kappa shape index (κ3) is 9.37. The molecule has 0 spiro atoms. The Morgan fingerprint density at radius 2 is 0.676 bits per heavy atom. The second-order valence-electron chi connectivity index (χ2n) is 10.9. The van der Waals surface area contributed by atoms with Crippen molar-refractivity contribution in [2.75, 3.05) is 55.9 Å². The fraction of sp³-hybridized carbons (Fsp3) is 1.00. The second kappa shape index (κ2) is 16.0. The molecule has 7 heteroatoms. The van der Waals surface area contributed by atoms with Gasteiger partial charge in [-0.1, -0.05) is 0 Å². The molecule has 0 unspecified atom stereocenters. The fourth-order valence-electron chi connectivity index (χ4n) is 7.02. The first-order valence-electron chi connectivity index (χ1n) is 14.8. The minimum atomic E-state index is -3.73. The van der Waals surface area contributed by atoms with Crippen molar-refractivity contribution < 1.29 is 17.7 Å². The molecule has 0 aromatic rings. The van der Waals surface area contributed by atoms with Gasteiger partial charge in [-0.25, -0.2) is 0 Å². The van der Waals surface area contributed by atoms with E-state index in [0.717, 1.165) is 107 Å². The molecule has 0 heterocycles. The van der Waals surface area contributed by atoms with Crippen LogP contribution in [0.4, 0.5) is 0 Å². The van der Waals surface area contributed by atoms with E-state index in [4.69, 9.17) is 13.1 Å². The van der Waals surface area contributed by atoms with Crippen molar-refractivity contribution in [3.05, 3.63) is 0 Å². The molecule has 0 saturated heterocycles. The van der Waals surface area contributed by atoms with Gasteiger partial charge in [0.1, 0.15) is 0 Å². The molecular weight excluding hydrogens is 481 g/mol. The Labute approximate surface area is 215 Å². The van der Waals surface area contributed by atoms with E-state index in [2.05, 4.69) is 62.3 Å². The van der Waals surface area contributed by atoms with Gasteiger partial charge in [0, 0.05) is 0 Å². The van der Waals surface area contributed by atoms with E-state index in [9.17, 15) is 0 Å². The first-order valence-corrected chi connectivity index (χ1v) is 22.0. The molecule has 0 rings (SSSR count). The minimum absolute atomic E-state index is 0.434. The summed E-state index contributed by atoms with van der Waals surface area (Å²) in [5.41, 5.74) is 0. The molecule has 0 bridgehead atoms. The molecule has 0 saturated carbocycles. The van der Waals surface area contributed by atoms with E-state index in [1.165, 1.54) is 0 Å². The molecule has 0 amide bonds. The molecule has 210 valence electrons. The van der Waals surface area contributed by atoms with Gasteiger partial charge in [-0.05, 0) is 0 Å². The summed E-state index contributed by atoms with van der Waals surface area (Å²) in [6, 6.07) is 0. The number of phosphoric acid groups is 1. The molecule has 0 atom stereocenters. The average Bonchev–Trinajstić information content (AvgIpc) is 2.74. The Morgan fingerprint density at radius 1 is 0.441 bits per heavy atom. The zero-order valence-corrected chi connectivity index (χ0v) is 27.4. The van der Waals surface area contributed by atoms with E-state index in [0.29, 0.717) is 6.61 Å². The van der Waals surface area contributed by atoms with Crippen LogP contribution < -0.4 is 0 Å². The van der Waals surface area contributed by atoms with Crippen molar-refractivity contribution in [3.63, 3.8) is 0 Å². The molecule has 0 aromatic heterocycles. The van der Waals surface area contributed by atoms with Gasteiger partial charge in [-0.2, -0.15) is 0 Å². The quantitative estimate of drug-likeness (QED) is 0.120. The molecule has 0 aliphatic carbocycles. The maximum absolute atomic E-state index is 15.0. The predicted octanol–water partition coefficient (Wildman–Crippen LogP) is 10.8. The molecule has 0 aliphatic rings. The van der Waals surface area contributed by atoms with Gasteiger partial charge in [-0.15, -0.1) is 0 Å². The summed E-state index contributed by atoms with van der Waals surface area (Å²) >= 11 is 0. The van der Waals surface area contributed by atoms with Gasteiger partial charge < -0.3 is 0 Å². The van der Waals surface area contributed by atoms with Crippen LogP contribution in [0.5, 0.6) is 0 Å². The summed E-state index contributed by atoms with van der Waals surface area (Å²) in [4.78, 5) is 0. The van der Waals surface area contributed by atoms with Crippen molar-refractivity contribution in [1.29, 1.82) is 0 Å². The number of hydrogen-bond acceptors (Lipinski definition) is 4. The van der Waals surface area contributed by atoms with E-state index in [-0.39, 0.29) is 0 Å². The van der Waals surface area contributed by atoms with Crippen LogP contribution in [0.1, 0.15) is 120 Å². The van der Waals surface area contributed by atoms with E-state index < -0.39 is 21.5 Å². The Kier molecular flexibility index (Phi) is 16.5. The van der Waals surface area contributed by atoms with Crippen molar-refractivity contribution >= 4 is 21.5 Å². The molecule has 0 N–H and O–H groups in total. The summed E-state index contributed by atoms with van der Waals surface area (Å²) in [5, 5.41) is 0. The fourth-order valence-corrected chi connectivity index (χ4v) is 27.1. The molecule has 4 nitrogen and oxygen atoms in total. The average molecular weight is 545 g/mol. The van der Waals surface area contributed by atoms with Crippen molar-refractivity contribution in [2.45, 2.75) is 120 Å². The van der Waals surface area contributed by atoms with Crippen LogP contribution in [0.15, 0.2) is 0 Å². The topological polar surface area (TPSA) is 44.8 Å². The third-order valence-corrected chi connectivity index (χ3v) is 25.9. The molecule has 34 heavy (non-hydrogen) atoms. The summed E-state index contributed by atoms with van der Waals surface area (Å²) in [6.45, 7) is 15.1. The maximum atomic E-state index is 15.0. The summed E-state index contributed by atoms with van der Waals surface area (Å²) in [5.74, 6) is 0. The van der Waals surface area contributed by atoms with Gasteiger partial charge >= 0.3 is 215 Å². The van der Waals surface area contributed by atoms with Crippen LogP contribution in [0.2, 0.25) is 0 Å².